The van der Waals surface area contributed by atoms with Gasteiger partial charge < -0.3 is 4.90 Å². The largest absolute Gasteiger partial charge is 0.331 e. The first-order valence-corrected chi connectivity index (χ1v) is 9.97. The molecule has 0 aliphatic carbocycles. The van der Waals surface area contributed by atoms with Crippen LogP contribution in [0.5, 0.6) is 0 Å². The zero-order valence-corrected chi connectivity index (χ0v) is 17.0. The lowest BCUT2D eigenvalue weighted by Crippen LogP contribution is -2.59. The second kappa shape index (κ2) is 10.7. The molecule has 0 saturated carbocycles. The summed E-state index contributed by atoms with van der Waals surface area (Å²) in [5, 5.41) is 2.31. The second-order valence-corrected chi connectivity index (χ2v) is 6.74. The summed E-state index contributed by atoms with van der Waals surface area (Å²) in [5.41, 5.74) is 1.36. The van der Waals surface area contributed by atoms with Gasteiger partial charge in [0.1, 0.15) is 0 Å². The van der Waals surface area contributed by atoms with E-state index in [1.165, 1.54) is 0 Å². The molecule has 1 saturated heterocycles. The van der Waals surface area contributed by atoms with Gasteiger partial charge in [-0.15, -0.1) is 0 Å². The number of imide groups is 2. The van der Waals surface area contributed by atoms with Crippen molar-refractivity contribution < 1.29 is 14.4 Å². The molecule has 7 nitrogen and oxygen atoms in total. The number of nitrogens with one attached hydrogen (secondary N) is 1. The van der Waals surface area contributed by atoms with E-state index in [1.807, 2.05) is 37.3 Å². The lowest BCUT2D eigenvalue weighted by Gasteiger charge is -2.30. The molecule has 152 valence electrons. The number of aliphatic imine (C=N–C) groups is 1. The van der Waals surface area contributed by atoms with Crippen LogP contribution in [0.3, 0.4) is 0 Å². The van der Waals surface area contributed by atoms with E-state index in [0.29, 0.717) is 18.7 Å². The number of carbonyl (C=O) groups excluding carboxylic acids is 3. The van der Waals surface area contributed by atoms with Crippen LogP contribution in [0.15, 0.2) is 35.3 Å². The maximum Gasteiger partial charge on any atom is 0.331 e. The van der Waals surface area contributed by atoms with Gasteiger partial charge >= 0.3 is 6.03 Å². The summed E-state index contributed by atoms with van der Waals surface area (Å²) in [5.74, 6) is -2.11. The molecule has 1 aromatic rings. The van der Waals surface area contributed by atoms with Crippen LogP contribution >= 0.6 is 0 Å². The van der Waals surface area contributed by atoms with Gasteiger partial charge in [0.2, 0.25) is 11.8 Å². The Bertz CT molecular complexity index is 714. The molecule has 2 rings (SSSR count). The summed E-state index contributed by atoms with van der Waals surface area (Å²) in [6.07, 6.45) is 1.35. The highest BCUT2D eigenvalue weighted by Crippen LogP contribution is 2.17. The average molecular weight is 386 g/mol. The fraction of sp³-hybridized carbons (Fsp3) is 0.524. The monoisotopic (exact) mass is 386 g/mol. The first kappa shape index (κ1) is 21.8. The number of amides is 4. The highest BCUT2D eigenvalue weighted by molar-refractivity contribution is 6.27. The van der Waals surface area contributed by atoms with Crippen molar-refractivity contribution in [3.8, 4) is 0 Å². The number of hydrogen-bond acceptors (Lipinski definition) is 5. The van der Waals surface area contributed by atoms with Crippen LogP contribution in [-0.2, 0) is 16.1 Å². The lowest BCUT2D eigenvalue weighted by molar-refractivity contribution is -0.139. The summed E-state index contributed by atoms with van der Waals surface area (Å²) in [7, 11) is 0. The van der Waals surface area contributed by atoms with Crippen molar-refractivity contribution in [1.29, 1.82) is 0 Å². The van der Waals surface area contributed by atoms with Gasteiger partial charge in [0.25, 0.3) is 0 Å². The minimum absolute atomic E-state index is 0.133. The summed E-state index contributed by atoms with van der Waals surface area (Å²) in [6, 6.07) is 8.57. The SMILES string of the molecule is CCC(=NCCCN(CC)CC)C1C(=O)NC(=O)N(Cc2ccccc2)C1=O. The number of nitrogens with zero attached hydrogens (tertiary/aromatic N) is 3. The molecule has 0 spiro atoms. The average Bonchev–Trinajstić information content (AvgIpc) is 2.70. The Morgan fingerprint density at radius 2 is 1.79 bits per heavy atom. The van der Waals surface area contributed by atoms with E-state index < -0.39 is 23.8 Å². The number of rotatable bonds is 10. The number of benzene rings is 1. The van der Waals surface area contributed by atoms with Crippen molar-refractivity contribution in [3.63, 3.8) is 0 Å². The Balaban J connectivity index is 2.09. The molecule has 1 aliphatic rings. The van der Waals surface area contributed by atoms with E-state index >= 15 is 0 Å². The summed E-state index contributed by atoms with van der Waals surface area (Å²) >= 11 is 0. The Labute approximate surface area is 166 Å². The number of hydrogen-bond donors (Lipinski definition) is 1. The van der Waals surface area contributed by atoms with Gasteiger partial charge in [-0.25, -0.2) is 4.79 Å². The van der Waals surface area contributed by atoms with Crippen LogP contribution in [0.25, 0.3) is 0 Å². The molecule has 1 unspecified atom stereocenters. The highest BCUT2D eigenvalue weighted by atomic mass is 16.2. The zero-order chi connectivity index (χ0) is 20.5. The Morgan fingerprint density at radius 1 is 1.11 bits per heavy atom. The molecule has 0 aromatic heterocycles. The predicted molar refractivity (Wildman–Crippen MR) is 109 cm³/mol. The van der Waals surface area contributed by atoms with Crippen molar-refractivity contribution >= 4 is 23.6 Å². The van der Waals surface area contributed by atoms with Crippen molar-refractivity contribution in [2.24, 2.45) is 10.9 Å². The van der Waals surface area contributed by atoms with Crippen molar-refractivity contribution in [1.82, 2.24) is 15.1 Å². The topological polar surface area (TPSA) is 82.1 Å². The molecule has 1 aromatic carbocycles. The first-order chi connectivity index (χ1) is 13.5. The van der Waals surface area contributed by atoms with E-state index in [0.717, 1.165) is 36.5 Å². The fourth-order valence-corrected chi connectivity index (χ4v) is 3.29. The smallest absolute Gasteiger partial charge is 0.304 e. The van der Waals surface area contributed by atoms with Gasteiger partial charge in [-0.05, 0) is 38.0 Å². The lowest BCUT2D eigenvalue weighted by atomic mass is 9.96. The van der Waals surface area contributed by atoms with Crippen LogP contribution in [0.1, 0.15) is 39.2 Å². The first-order valence-electron chi connectivity index (χ1n) is 9.97. The Hall–Kier alpha value is -2.54. The Kier molecular flexibility index (Phi) is 8.32. The number of urea groups is 1. The van der Waals surface area contributed by atoms with Crippen LogP contribution in [-0.4, -0.2) is 59.5 Å². The normalized spacial score (nSPS) is 18.0. The Morgan fingerprint density at radius 3 is 2.39 bits per heavy atom. The van der Waals surface area contributed by atoms with Gasteiger partial charge in [0.15, 0.2) is 5.92 Å². The molecule has 4 amide bonds. The predicted octanol–water partition coefficient (Wildman–Crippen LogP) is 2.46. The van der Waals surface area contributed by atoms with Gasteiger partial charge in [-0.3, -0.25) is 24.8 Å². The molecule has 1 heterocycles. The standard InChI is InChI=1S/C21H30N4O3/c1-4-17(22-13-10-14-24(5-2)6-3)18-19(26)23-21(28)25(20(18)27)15-16-11-8-7-9-12-16/h7-9,11-12,18H,4-6,10,13-15H2,1-3H3,(H,23,26,28). The van der Waals surface area contributed by atoms with E-state index in [-0.39, 0.29) is 6.54 Å². The second-order valence-electron chi connectivity index (χ2n) is 6.74. The molecule has 1 N–H and O–H groups in total. The minimum atomic E-state index is -1.03. The van der Waals surface area contributed by atoms with E-state index in [9.17, 15) is 14.4 Å². The third-order valence-corrected chi connectivity index (χ3v) is 4.97. The van der Waals surface area contributed by atoms with Crippen molar-refractivity contribution in [3.05, 3.63) is 35.9 Å². The highest BCUT2D eigenvalue weighted by Gasteiger charge is 2.42. The van der Waals surface area contributed by atoms with Gasteiger partial charge in [0.05, 0.1) is 6.54 Å². The number of barbiturate groups is 1. The molecular formula is C21H30N4O3. The third-order valence-electron chi connectivity index (χ3n) is 4.97. The van der Waals surface area contributed by atoms with E-state index in [4.69, 9.17) is 0 Å². The van der Waals surface area contributed by atoms with E-state index in [1.54, 1.807) is 0 Å². The van der Waals surface area contributed by atoms with Gasteiger partial charge in [0, 0.05) is 12.3 Å². The molecule has 7 heteroatoms. The molecule has 1 atom stereocenters. The van der Waals surface area contributed by atoms with Crippen LogP contribution in [0.2, 0.25) is 0 Å². The quantitative estimate of drug-likeness (QED) is 0.380. The molecule has 0 bridgehead atoms. The zero-order valence-electron chi connectivity index (χ0n) is 17.0. The van der Waals surface area contributed by atoms with Crippen LogP contribution in [0.4, 0.5) is 4.79 Å². The molecule has 0 radical (unpaired) electrons. The molecular weight excluding hydrogens is 356 g/mol. The van der Waals surface area contributed by atoms with Gasteiger partial charge in [-0.2, -0.15) is 0 Å². The maximum atomic E-state index is 12.9. The summed E-state index contributed by atoms with van der Waals surface area (Å²) < 4.78 is 0. The summed E-state index contributed by atoms with van der Waals surface area (Å²) in [4.78, 5) is 45.5. The van der Waals surface area contributed by atoms with Crippen LogP contribution < -0.4 is 5.32 Å². The number of carbonyl (C=O) groups is 3. The fourth-order valence-electron chi connectivity index (χ4n) is 3.29. The molecule has 1 aliphatic heterocycles. The third kappa shape index (κ3) is 5.48. The van der Waals surface area contributed by atoms with E-state index in [2.05, 4.69) is 29.1 Å². The van der Waals surface area contributed by atoms with Crippen molar-refractivity contribution in [2.45, 2.75) is 40.2 Å². The summed E-state index contributed by atoms with van der Waals surface area (Å²) in [6.45, 7) is 9.71. The molecule has 1 fully saturated rings. The van der Waals surface area contributed by atoms with Crippen LogP contribution in [0, 0.1) is 5.92 Å². The maximum absolute atomic E-state index is 12.9. The van der Waals surface area contributed by atoms with Crippen molar-refractivity contribution in [2.75, 3.05) is 26.2 Å². The molecule has 28 heavy (non-hydrogen) atoms. The van der Waals surface area contributed by atoms with Gasteiger partial charge in [-0.1, -0.05) is 51.1 Å². The minimum Gasteiger partial charge on any atom is -0.304 e.